The zero-order valence-electron chi connectivity index (χ0n) is 11.9. The SMILES string of the molecule is Cc1ccc(-n2ncc(C(=O)NCC3CC3)c2C)cc1. The second-order valence-corrected chi connectivity index (χ2v) is 5.54. The van der Waals surface area contributed by atoms with Crippen molar-refractivity contribution in [2.45, 2.75) is 26.7 Å². The molecular weight excluding hydrogens is 250 g/mol. The molecule has 20 heavy (non-hydrogen) atoms. The van der Waals surface area contributed by atoms with Gasteiger partial charge in [-0.3, -0.25) is 4.79 Å². The van der Waals surface area contributed by atoms with E-state index in [9.17, 15) is 4.79 Å². The average molecular weight is 269 g/mol. The number of hydrogen-bond donors (Lipinski definition) is 1. The number of nitrogens with one attached hydrogen (secondary N) is 1. The molecule has 1 N–H and O–H groups in total. The first-order valence-corrected chi connectivity index (χ1v) is 7.05. The van der Waals surface area contributed by atoms with Gasteiger partial charge in [0.15, 0.2) is 0 Å². The number of hydrogen-bond acceptors (Lipinski definition) is 2. The Kier molecular flexibility index (Phi) is 3.30. The molecule has 4 nitrogen and oxygen atoms in total. The van der Waals surface area contributed by atoms with Crippen LogP contribution in [-0.2, 0) is 0 Å². The number of aromatic nitrogens is 2. The Morgan fingerprint density at radius 1 is 1.30 bits per heavy atom. The van der Waals surface area contributed by atoms with Gasteiger partial charge in [-0.25, -0.2) is 4.68 Å². The van der Waals surface area contributed by atoms with Crippen molar-refractivity contribution < 1.29 is 4.79 Å². The highest BCUT2D eigenvalue weighted by Gasteiger charge is 2.23. The van der Waals surface area contributed by atoms with Gasteiger partial charge in [0.25, 0.3) is 5.91 Å². The first-order valence-electron chi connectivity index (χ1n) is 7.05. The Morgan fingerprint density at radius 3 is 2.65 bits per heavy atom. The van der Waals surface area contributed by atoms with Crippen molar-refractivity contribution in [1.29, 1.82) is 0 Å². The Bertz CT molecular complexity index is 624. The van der Waals surface area contributed by atoms with Crippen molar-refractivity contribution in [2.24, 2.45) is 5.92 Å². The summed E-state index contributed by atoms with van der Waals surface area (Å²) < 4.78 is 1.81. The van der Waals surface area contributed by atoms with Crippen LogP contribution in [0.3, 0.4) is 0 Å². The molecule has 1 saturated carbocycles. The molecule has 0 aliphatic heterocycles. The van der Waals surface area contributed by atoms with Crippen LogP contribution in [0.25, 0.3) is 5.69 Å². The predicted molar refractivity (Wildman–Crippen MR) is 78.1 cm³/mol. The smallest absolute Gasteiger partial charge is 0.254 e. The summed E-state index contributed by atoms with van der Waals surface area (Å²) in [6, 6.07) is 8.12. The van der Waals surface area contributed by atoms with Gasteiger partial charge >= 0.3 is 0 Å². The lowest BCUT2D eigenvalue weighted by Gasteiger charge is -2.06. The first-order chi connectivity index (χ1) is 9.65. The number of amides is 1. The average Bonchev–Trinajstić information content (AvgIpc) is 3.19. The van der Waals surface area contributed by atoms with Crippen LogP contribution >= 0.6 is 0 Å². The third-order valence-electron chi connectivity index (χ3n) is 3.78. The Hall–Kier alpha value is -2.10. The van der Waals surface area contributed by atoms with Crippen LogP contribution in [0, 0.1) is 19.8 Å². The van der Waals surface area contributed by atoms with E-state index in [1.165, 1.54) is 18.4 Å². The van der Waals surface area contributed by atoms with E-state index in [0.29, 0.717) is 11.5 Å². The van der Waals surface area contributed by atoms with Crippen molar-refractivity contribution in [3.05, 3.63) is 47.3 Å². The standard InChI is InChI=1S/C16H19N3O/c1-11-3-7-14(8-4-11)19-12(2)15(10-18-19)16(20)17-9-13-5-6-13/h3-4,7-8,10,13H,5-6,9H2,1-2H3,(H,17,20). The van der Waals surface area contributed by atoms with E-state index in [0.717, 1.165) is 17.9 Å². The van der Waals surface area contributed by atoms with Crippen LogP contribution in [0.1, 0.15) is 34.5 Å². The molecule has 2 aromatic rings. The van der Waals surface area contributed by atoms with Gasteiger partial charge in [0.05, 0.1) is 23.1 Å². The van der Waals surface area contributed by atoms with Gasteiger partial charge in [-0.2, -0.15) is 5.10 Å². The van der Waals surface area contributed by atoms with E-state index in [1.54, 1.807) is 6.20 Å². The largest absolute Gasteiger partial charge is 0.352 e. The van der Waals surface area contributed by atoms with Crippen molar-refractivity contribution in [3.63, 3.8) is 0 Å². The molecule has 1 fully saturated rings. The fourth-order valence-corrected chi connectivity index (χ4v) is 2.23. The van der Waals surface area contributed by atoms with Gasteiger partial charge in [0, 0.05) is 6.54 Å². The second kappa shape index (κ2) is 5.12. The van der Waals surface area contributed by atoms with Crippen LogP contribution in [0.15, 0.2) is 30.5 Å². The Morgan fingerprint density at radius 2 is 2.00 bits per heavy atom. The maximum Gasteiger partial charge on any atom is 0.254 e. The highest BCUT2D eigenvalue weighted by Crippen LogP contribution is 2.27. The minimum atomic E-state index is -0.0206. The highest BCUT2D eigenvalue weighted by atomic mass is 16.1. The van der Waals surface area contributed by atoms with Crippen LogP contribution in [0.5, 0.6) is 0 Å². The normalized spacial score (nSPS) is 14.3. The summed E-state index contributed by atoms with van der Waals surface area (Å²) in [5.74, 6) is 0.666. The third-order valence-corrected chi connectivity index (χ3v) is 3.78. The summed E-state index contributed by atoms with van der Waals surface area (Å²) in [5, 5.41) is 7.32. The third kappa shape index (κ3) is 2.59. The number of carbonyl (C=O) groups is 1. The molecule has 1 aromatic heterocycles. The molecule has 3 rings (SSSR count). The summed E-state index contributed by atoms with van der Waals surface area (Å²) in [5.41, 5.74) is 3.73. The van der Waals surface area contributed by atoms with Crippen LogP contribution in [-0.4, -0.2) is 22.2 Å². The van der Waals surface area contributed by atoms with Crippen molar-refractivity contribution in [3.8, 4) is 5.69 Å². The highest BCUT2D eigenvalue weighted by molar-refractivity contribution is 5.95. The maximum atomic E-state index is 12.1. The second-order valence-electron chi connectivity index (χ2n) is 5.54. The first kappa shape index (κ1) is 12.9. The van der Waals surface area contributed by atoms with E-state index in [4.69, 9.17) is 0 Å². The molecule has 0 bridgehead atoms. The molecule has 0 saturated heterocycles. The molecule has 1 aromatic carbocycles. The van der Waals surface area contributed by atoms with E-state index < -0.39 is 0 Å². The lowest BCUT2D eigenvalue weighted by atomic mass is 10.2. The fraction of sp³-hybridized carbons (Fsp3) is 0.375. The molecule has 0 spiro atoms. The Balaban J connectivity index is 1.80. The van der Waals surface area contributed by atoms with E-state index >= 15 is 0 Å². The van der Waals surface area contributed by atoms with Crippen molar-refractivity contribution >= 4 is 5.91 Å². The minimum Gasteiger partial charge on any atom is -0.352 e. The van der Waals surface area contributed by atoms with Gasteiger partial charge < -0.3 is 5.32 Å². The monoisotopic (exact) mass is 269 g/mol. The number of rotatable bonds is 4. The summed E-state index contributed by atoms with van der Waals surface area (Å²) in [6.45, 7) is 4.77. The molecular formula is C16H19N3O. The summed E-state index contributed by atoms with van der Waals surface area (Å²) >= 11 is 0. The van der Waals surface area contributed by atoms with Gasteiger partial charge in [-0.15, -0.1) is 0 Å². The summed E-state index contributed by atoms with van der Waals surface area (Å²) in [7, 11) is 0. The number of benzene rings is 1. The quantitative estimate of drug-likeness (QED) is 0.927. The van der Waals surface area contributed by atoms with Gasteiger partial charge in [-0.05, 0) is 44.7 Å². The van der Waals surface area contributed by atoms with E-state index in [2.05, 4.69) is 17.3 Å². The van der Waals surface area contributed by atoms with Crippen molar-refractivity contribution in [1.82, 2.24) is 15.1 Å². The van der Waals surface area contributed by atoms with Gasteiger partial charge in [0.1, 0.15) is 0 Å². The Labute approximate surface area is 118 Å². The minimum absolute atomic E-state index is 0.0206. The van der Waals surface area contributed by atoms with E-state index in [-0.39, 0.29) is 5.91 Å². The lowest BCUT2D eigenvalue weighted by Crippen LogP contribution is -2.25. The molecule has 4 heteroatoms. The number of aryl methyl sites for hydroxylation is 1. The molecule has 0 unspecified atom stereocenters. The molecule has 1 aliphatic carbocycles. The summed E-state index contributed by atoms with van der Waals surface area (Å²) in [4.78, 5) is 12.1. The molecule has 1 aliphatic rings. The zero-order chi connectivity index (χ0) is 14.1. The molecule has 1 heterocycles. The predicted octanol–water partition coefficient (Wildman–Crippen LogP) is 2.63. The molecule has 104 valence electrons. The number of nitrogens with zero attached hydrogens (tertiary/aromatic N) is 2. The van der Waals surface area contributed by atoms with E-state index in [1.807, 2.05) is 35.9 Å². The van der Waals surface area contributed by atoms with Gasteiger partial charge in [0.2, 0.25) is 0 Å². The number of carbonyl (C=O) groups excluding carboxylic acids is 1. The van der Waals surface area contributed by atoms with Crippen LogP contribution in [0.2, 0.25) is 0 Å². The maximum absolute atomic E-state index is 12.1. The lowest BCUT2D eigenvalue weighted by molar-refractivity contribution is 0.0951. The fourth-order valence-electron chi connectivity index (χ4n) is 2.23. The topological polar surface area (TPSA) is 46.9 Å². The summed E-state index contributed by atoms with van der Waals surface area (Å²) in [6.07, 6.45) is 4.13. The molecule has 0 atom stereocenters. The molecule has 0 radical (unpaired) electrons. The van der Waals surface area contributed by atoms with Gasteiger partial charge in [-0.1, -0.05) is 17.7 Å². The van der Waals surface area contributed by atoms with Crippen LogP contribution in [0.4, 0.5) is 0 Å². The van der Waals surface area contributed by atoms with Crippen molar-refractivity contribution in [2.75, 3.05) is 6.54 Å². The van der Waals surface area contributed by atoms with Crippen LogP contribution < -0.4 is 5.32 Å². The molecule has 1 amide bonds. The zero-order valence-corrected chi connectivity index (χ0v) is 11.9.